The van der Waals surface area contributed by atoms with Crippen molar-refractivity contribution in [1.82, 2.24) is 34.6 Å². The lowest BCUT2D eigenvalue weighted by atomic mass is 10.0. The molecule has 16 heteroatoms. The second-order valence-electron chi connectivity index (χ2n) is 19.4. The van der Waals surface area contributed by atoms with Gasteiger partial charge < -0.3 is 64.6 Å². The topological polar surface area (TPSA) is 192 Å². The second-order valence-corrected chi connectivity index (χ2v) is 19.4. The molecule has 0 atom stereocenters. The molecule has 16 nitrogen and oxygen atoms in total. The Kier molecular flexibility index (Phi) is 23.5. The summed E-state index contributed by atoms with van der Waals surface area (Å²) in [6.45, 7) is 13.1. The lowest BCUT2D eigenvalue weighted by Gasteiger charge is -2.13. The molecule has 0 radical (unpaired) electrons. The molecule has 0 fully saturated rings. The summed E-state index contributed by atoms with van der Waals surface area (Å²) in [5.74, 6) is 6.37. The largest absolute Gasteiger partial charge is 0.496 e. The number of hydrogen-bond donors (Lipinski definition) is 4. The highest BCUT2D eigenvalue weighted by molar-refractivity contribution is 5.86. The molecule has 412 valence electrons. The van der Waals surface area contributed by atoms with Crippen LogP contribution >= 0.6 is 0 Å². The molecule has 0 spiro atoms. The fraction of sp³-hybridized carbons (Fsp3) is 0.361. The number of anilines is 2. The number of carbonyl (C=O) groups is 1. The third-order valence-electron chi connectivity index (χ3n) is 12.5. The van der Waals surface area contributed by atoms with Crippen LogP contribution in [0.15, 0.2) is 103 Å². The average Bonchev–Trinajstić information content (AvgIpc) is 4.05. The molecule has 0 saturated heterocycles. The number of benzene rings is 6. The summed E-state index contributed by atoms with van der Waals surface area (Å²) in [7, 11) is 17.3. The highest BCUT2D eigenvalue weighted by Crippen LogP contribution is 2.38. The van der Waals surface area contributed by atoms with Crippen molar-refractivity contribution in [1.29, 1.82) is 0 Å². The molecular weight excluding hydrogens is 971 g/mol. The molecule has 0 unspecified atom stereocenters. The quantitative estimate of drug-likeness (QED) is 0.0302. The number of carbonyl (C=O) groups excluding carboxylic acids is 1. The van der Waals surface area contributed by atoms with E-state index in [1.165, 1.54) is 5.56 Å². The van der Waals surface area contributed by atoms with E-state index in [0.29, 0.717) is 42.5 Å². The lowest BCUT2D eigenvalue weighted by Crippen LogP contribution is -2.15. The SMILES string of the molecule is CN(C)CCCOc1ccc(N)c(N)c1.COc1c(-c2nc3ccc(OCCCN(C)C)cc3[nH]2)ccc(-c2nc3ccc(OCCCN(C)C)cc3[nH]2)c1C.COc1c(C=O)ccc(C)c1C.COc1ccccc1C. The summed E-state index contributed by atoms with van der Waals surface area (Å²) < 4.78 is 33.5. The standard InChI is InChI=1S/C32H40N6O3.C11H19N3O.C10H12O2.C8H10O/c1-21-24(31-33-26-13-9-22(19-28(26)35-31)40-17-7-15-37(2)3)11-12-25(30(21)39-6)32-34-27-14-10-23(20-29(27)36-32)41-18-8-16-38(4)5;1-14(2)6-3-7-15-9-4-5-10(12)11(13)8-9;1-7-4-5-9(6-11)10(12-3)8(7)2;1-7-5-3-4-6-8(7)9-2/h9-14,19-20H,7-8,15-18H2,1-6H3,(H,33,35)(H,34,36);4-5,8H,3,6-7,12-13H2,1-2H3;4-6H,1-3H3;3-6H,1-2H3. The molecular formula is C61H81N9O7. The van der Waals surface area contributed by atoms with Crippen LogP contribution in [0.3, 0.4) is 0 Å². The summed E-state index contributed by atoms with van der Waals surface area (Å²) in [5.41, 5.74) is 22.8. The van der Waals surface area contributed by atoms with Gasteiger partial charge in [0, 0.05) is 49.0 Å². The van der Waals surface area contributed by atoms with Crippen molar-refractivity contribution < 1.29 is 33.2 Å². The Bertz CT molecular complexity index is 3110. The number of nitrogens with zero attached hydrogens (tertiary/aromatic N) is 5. The minimum absolute atomic E-state index is 0.570. The van der Waals surface area contributed by atoms with E-state index in [0.717, 1.165) is 135 Å². The first kappa shape index (κ1) is 60.1. The number of ether oxygens (including phenoxy) is 6. The maximum atomic E-state index is 10.6. The van der Waals surface area contributed by atoms with Crippen LogP contribution in [-0.4, -0.2) is 144 Å². The van der Waals surface area contributed by atoms with Crippen LogP contribution in [0.1, 0.15) is 51.9 Å². The van der Waals surface area contributed by atoms with Crippen molar-refractivity contribution in [3.05, 3.63) is 131 Å². The molecule has 0 amide bonds. The number of H-pyrrole nitrogens is 2. The Morgan fingerprint density at radius 2 is 0.987 bits per heavy atom. The number of imidazole rings is 2. The molecule has 0 saturated carbocycles. The zero-order chi connectivity index (χ0) is 56.0. The Hall–Kier alpha value is -7.79. The van der Waals surface area contributed by atoms with Gasteiger partial charge in [-0.05, 0) is 167 Å². The number of fused-ring (bicyclic) bond motifs is 2. The van der Waals surface area contributed by atoms with Crippen molar-refractivity contribution in [2.24, 2.45) is 0 Å². The van der Waals surface area contributed by atoms with Crippen LogP contribution in [0, 0.1) is 27.7 Å². The number of methoxy groups -OCH3 is 3. The Labute approximate surface area is 455 Å². The summed E-state index contributed by atoms with van der Waals surface area (Å²) >= 11 is 0. The summed E-state index contributed by atoms with van der Waals surface area (Å²) in [5, 5.41) is 0. The van der Waals surface area contributed by atoms with Gasteiger partial charge in [0.2, 0.25) is 0 Å². The van der Waals surface area contributed by atoms with Gasteiger partial charge in [0.25, 0.3) is 0 Å². The van der Waals surface area contributed by atoms with Gasteiger partial charge in [-0.15, -0.1) is 0 Å². The highest BCUT2D eigenvalue weighted by atomic mass is 16.5. The van der Waals surface area contributed by atoms with Crippen LogP contribution in [0.2, 0.25) is 0 Å². The number of aryl methyl sites for hydroxylation is 2. The van der Waals surface area contributed by atoms with Gasteiger partial charge in [-0.25, -0.2) is 9.97 Å². The molecule has 6 aromatic carbocycles. The molecule has 0 aliphatic rings. The lowest BCUT2D eigenvalue weighted by molar-refractivity contribution is 0.112. The smallest absolute Gasteiger partial charge is 0.153 e. The van der Waals surface area contributed by atoms with Crippen LogP contribution in [0.25, 0.3) is 44.8 Å². The summed E-state index contributed by atoms with van der Waals surface area (Å²) in [6, 6.07) is 33.0. The summed E-state index contributed by atoms with van der Waals surface area (Å²) in [6.07, 6.45) is 3.75. The van der Waals surface area contributed by atoms with Crippen LogP contribution in [0.4, 0.5) is 11.4 Å². The monoisotopic (exact) mass is 1050 g/mol. The number of aromatic amines is 2. The van der Waals surface area contributed by atoms with E-state index >= 15 is 0 Å². The minimum Gasteiger partial charge on any atom is -0.496 e. The molecule has 2 heterocycles. The number of nitrogens with two attached hydrogens (primary N) is 2. The van der Waals surface area contributed by atoms with Gasteiger partial charge in [0.05, 0.1) is 85.7 Å². The van der Waals surface area contributed by atoms with Gasteiger partial charge in [-0.1, -0.05) is 24.3 Å². The van der Waals surface area contributed by atoms with E-state index in [2.05, 4.69) is 58.9 Å². The van der Waals surface area contributed by atoms with E-state index in [4.69, 9.17) is 49.9 Å². The van der Waals surface area contributed by atoms with Crippen LogP contribution in [0.5, 0.6) is 34.5 Å². The zero-order valence-corrected chi connectivity index (χ0v) is 47.5. The maximum Gasteiger partial charge on any atom is 0.153 e. The molecule has 0 aliphatic carbocycles. The number of aldehydes is 1. The molecule has 6 N–H and O–H groups in total. The molecule has 8 aromatic rings. The molecule has 0 aliphatic heterocycles. The van der Waals surface area contributed by atoms with Crippen molar-refractivity contribution in [2.45, 2.75) is 47.0 Å². The van der Waals surface area contributed by atoms with Crippen molar-refractivity contribution in [3.63, 3.8) is 0 Å². The molecule has 77 heavy (non-hydrogen) atoms. The Morgan fingerprint density at radius 1 is 0.506 bits per heavy atom. The third-order valence-corrected chi connectivity index (χ3v) is 12.5. The molecule has 8 rings (SSSR count). The molecule has 2 aromatic heterocycles. The first-order valence-electron chi connectivity index (χ1n) is 25.8. The van der Waals surface area contributed by atoms with Crippen LogP contribution < -0.4 is 39.9 Å². The maximum absolute atomic E-state index is 10.6. The first-order chi connectivity index (χ1) is 37.0. The van der Waals surface area contributed by atoms with Gasteiger partial charge >= 0.3 is 0 Å². The van der Waals surface area contributed by atoms with Gasteiger partial charge in [-0.3, -0.25) is 4.79 Å². The Balaban J connectivity index is 0.000000244. The summed E-state index contributed by atoms with van der Waals surface area (Å²) in [4.78, 5) is 33.6. The van der Waals surface area contributed by atoms with Crippen LogP contribution in [-0.2, 0) is 0 Å². The minimum atomic E-state index is 0.570. The third kappa shape index (κ3) is 17.9. The van der Waals surface area contributed by atoms with Crippen molar-refractivity contribution >= 4 is 39.7 Å². The average molecular weight is 1050 g/mol. The van der Waals surface area contributed by atoms with E-state index in [1.54, 1.807) is 39.5 Å². The van der Waals surface area contributed by atoms with Gasteiger partial charge in [-0.2, -0.15) is 0 Å². The van der Waals surface area contributed by atoms with Gasteiger partial charge in [0.15, 0.2) is 6.29 Å². The normalized spacial score (nSPS) is 10.9. The second kappa shape index (κ2) is 30.1. The number of para-hydroxylation sites is 1. The predicted molar refractivity (Wildman–Crippen MR) is 315 cm³/mol. The predicted octanol–water partition coefficient (Wildman–Crippen LogP) is 11.1. The number of rotatable bonds is 21. The Morgan fingerprint density at radius 3 is 1.44 bits per heavy atom. The van der Waals surface area contributed by atoms with E-state index in [-0.39, 0.29) is 0 Å². The van der Waals surface area contributed by atoms with Crippen molar-refractivity contribution in [3.8, 4) is 57.3 Å². The number of nitrogen functional groups attached to an aromatic ring is 2. The van der Waals surface area contributed by atoms with Crippen molar-refractivity contribution in [2.75, 3.05) is 115 Å². The fourth-order valence-electron chi connectivity index (χ4n) is 8.13. The number of aromatic nitrogens is 4. The van der Waals surface area contributed by atoms with E-state index in [1.807, 2.05) is 121 Å². The zero-order valence-electron chi connectivity index (χ0n) is 47.5. The highest BCUT2D eigenvalue weighted by Gasteiger charge is 2.19. The molecule has 0 bridgehead atoms. The fourth-order valence-corrected chi connectivity index (χ4v) is 8.13. The van der Waals surface area contributed by atoms with Gasteiger partial charge in [0.1, 0.15) is 46.1 Å². The van der Waals surface area contributed by atoms with E-state index in [9.17, 15) is 4.79 Å². The first-order valence-corrected chi connectivity index (χ1v) is 25.8. The number of hydrogen-bond acceptors (Lipinski definition) is 14. The number of nitrogens with one attached hydrogen (secondary N) is 2. The van der Waals surface area contributed by atoms with E-state index < -0.39 is 0 Å².